The number of allylic oxidation sites excluding steroid dienone is 3. The van der Waals surface area contributed by atoms with Crippen molar-refractivity contribution < 1.29 is 85.2 Å². The van der Waals surface area contributed by atoms with Crippen molar-refractivity contribution in [3.63, 3.8) is 0 Å². The number of aromatic nitrogens is 4. The smallest absolute Gasteiger partial charge is 0.386 e. The van der Waals surface area contributed by atoms with E-state index in [9.17, 15) is 57.9 Å². The van der Waals surface area contributed by atoms with Crippen LogP contribution in [-0.4, -0.2) is 135 Å². The van der Waals surface area contributed by atoms with Crippen molar-refractivity contribution in [1.29, 1.82) is 0 Å². The molecule has 9 atom stereocenters. The van der Waals surface area contributed by atoms with E-state index in [1.165, 1.54) is 13.8 Å². The van der Waals surface area contributed by atoms with Crippen LogP contribution in [0, 0.1) is 5.41 Å². The number of nitrogens with two attached hydrogens (primary N) is 1. The Balaban J connectivity index is 1.07. The summed E-state index contributed by atoms with van der Waals surface area (Å²) in [7, 11) is -16.4. The lowest BCUT2D eigenvalue weighted by molar-refractivity contribution is -0.137. The average Bonchev–Trinajstić information content (AvgIpc) is 3.75. The summed E-state index contributed by atoms with van der Waals surface area (Å²) in [5.74, 6) is -1.06. The third kappa shape index (κ3) is 19.7. The number of hydrogen-bond donors (Lipinski definition) is 9. The van der Waals surface area contributed by atoms with Gasteiger partial charge in [-0.3, -0.25) is 32.5 Å². The van der Waals surface area contributed by atoms with Crippen molar-refractivity contribution >= 4 is 69.1 Å². The van der Waals surface area contributed by atoms with Crippen LogP contribution >= 0.6 is 35.2 Å². The van der Waals surface area contributed by atoms with Gasteiger partial charge < -0.3 is 55.6 Å². The summed E-state index contributed by atoms with van der Waals surface area (Å²) in [4.78, 5) is 88.4. The summed E-state index contributed by atoms with van der Waals surface area (Å²) in [5, 5.41) is 26.6. The first kappa shape index (κ1) is 57.6. The van der Waals surface area contributed by atoms with Crippen LogP contribution < -0.4 is 16.4 Å². The number of anilines is 1. The Kier molecular flexibility index (Phi) is 22.9. The number of nitrogens with one attached hydrogen (secondary N) is 2. The van der Waals surface area contributed by atoms with E-state index in [0.717, 1.165) is 86.8 Å². The summed E-state index contributed by atoms with van der Waals surface area (Å²) in [6.07, 6.45) is 12.0. The Hall–Kier alpha value is -3.00. The molecule has 25 nitrogen and oxygen atoms in total. The number of nitrogen functional groups attached to an aromatic ring is 1. The van der Waals surface area contributed by atoms with Crippen molar-refractivity contribution in [3.8, 4) is 0 Å². The molecule has 384 valence electrons. The number of imidazole rings is 1. The molecule has 0 radical (unpaired) electrons. The molecule has 0 bridgehead atoms. The van der Waals surface area contributed by atoms with Gasteiger partial charge in [-0.2, -0.15) is 4.31 Å². The Morgan fingerprint density at radius 2 is 1.62 bits per heavy atom. The number of hydrogen-bond acceptors (Lipinski definition) is 19. The molecule has 0 spiro atoms. The second-order valence-corrected chi connectivity index (χ2v) is 22.0. The van der Waals surface area contributed by atoms with Crippen molar-refractivity contribution in [2.45, 2.75) is 134 Å². The predicted molar refractivity (Wildman–Crippen MR) is 246 cm³/mol. The molecule has 10 N–H and O–H groups in total. The molecule has 9 unspecified atom stereocenters. The summed E-state index contributed by atoms with van der Waals surface area (Å²) in [5.41, 5.74) is 4.28. The normalized spacial score (nSPS) is 23.2. The summed E-state index contributed by atoms with van der Waals surface area (Å²) in [6, 6.07) is 0. The molecule has 0 aromatic carbocycles. The van der Waals surface area contributed by atoms with Crippen LogP contribution in [-0.2, 0) is 55.4 Å². The lowest BCUT2D eigenvalue weighted by Gasteiger charge is -2.30. The zero-order valence-corrected chi connectivity index (χ0v) is 41.5. The van der Waals surface area contributed by atoms with E-state index in [4.69, 9.17) is 24.3 Å². The first-order chi connectivity index (χ1) is 32.0. The van der Waals surface area contributed by atoms with Crippen LogP contribution in [0.15, 0.2) is 37.0 Å². The average molecular weight is 1040 g/mol. The maximum Gasteiger partial charge on any atom is 0.481 e. The number of carbonyl (C=O) groups excluding carboxylic acids is 3. The number of carbonyl (C=O) groups is 3. The number of nitrogens with zero attached hydrogens (tertiary/aromatic N) is 4. The molecular weight excluding hydrogens is 979 g/mol. The van der Waals surface area contributed by atoms with E-state index in [2.05, 4.69) is 65.6 Å². The molecule has 29 heteroatoms. The highest BCUT2D eigenvalue weighted by Gasteiger charge is 2.50. The van der Waals surface area contributed by atoms with Gasteiger partial charge >= 0.3 is 23.5 Å². The molecule has 68 heavy (non-hydrogen) atoms. The molecule has 2 saturated heterocycles. The number of rotatable bonds is 32. The summed E-state index contributed by atoms with van der Waals surface area (Å²) in [6.45, 7) is 2.65. The molecule has 4 heterocycles. The monoisotopic (exact) mass is 1040 g/mol. The van der Waals surface area contributed by atoms with E-state index in [0.29, 0.717) is 24.4 Å². The quantitative estimate of drug-likeness (QED) is 0.0219. The number of amides is 2. The van der Waals surface area contributed by atoms with E-state index in [1.54, 1.807) is 0 Å². The minimum Gasteiger partial charge on any atom is -0.386 e. The zero-order chi connectivity index (χ0) is 50.1. The highest BCUT2D eigenvalue weighted by atomic mass is 32.2. The molecule has 2 aliphatic heterocycles. The van der Waals surface area contributed by atoms with E-state index in [1.807, 2.05) is 0 Å². The molecular formula is C39H64N7O18P3S. The van der Waals surface area contributed by atoms with Gasteiger partial charge in [-0.1, -0.05) is 82.5 Å². The summed E-state index contributed by atoms with van der Waals surface area (Å²) < 4.78 is 68.2. The van der Waals surface area contributed by atoms with Crippen molar-refractivity contribution in [3.05, 3.63) is 37.0 Å². The van der Waals surface area contributed by atoms with Gasteiger partial charge in [-0.15, -0.1) is 0 Å². The fraction of sp³-hybridized carbons (Fsp3) is 0.692. The van der Waals surface area contributed by atoms with Gasteiger partial charge in [0.1, 0.15) is 36.3 Å². The minimum atomic E-state index is -5.58. The first-order valence-electron chi connectivity index (χ1n) is 22.0. The predicted octanol–water partition coefficient (Wildman–Crippen LogP) is 3.47. The largest absolute Gasteiger partial charge is 0.481 e. The lowest BCUT2D eigenvalue weighted by atomic mass is 9.87. The van der Waals surface area contributed by atoms with Crippen LogP contribution in [0.2, 0.25) is 0 Å². The molecule has 0 aliphatic carbocycles. The lowest BCUT2D eigenvalue weighted by Crippen LogP contribution is -2.46. The van der Waals surface area contributed by atoms with E-state index < -0.39 is 84.6 Å². The van der Waals surface area contributed by atoms with Gasteiger partial charge in [0.05, 0.1) is 31.7 Å². The van der Waals surface area contributed by atoms with Crippen molar-refractivity contribution in [1.82, 2.24) is 30.2 Å². The number of aliphatic hydroxyl groups excluding tert-OH is 2. The minimum absolute atomic E-state index is 0.0312. The SMILES string of the molecule is CC/C=C/C/C=C/CC1OC1CCCCCCCC(=O)SCCNC(=O)CCNC(=O)C(O)C(C)(C)COP(=O)(O)OP(=O)(O)OCC1OC(n2cnc3c(N)ncnc32)C(O)C1OP(=O)(O)O. The molecule has 0 saturated carbocycles. The Labute approximate surface area is 397 Å². The van der Waals surface area contributed by atoms with Gasteiger partial charge in [0.2, 0.25) is 11.8 Å². The third-order valence-electron chi connectivity index (χ3n) is 10.5. The number of ether oxygens (including phenoxy) is 2. The first-order valence-corrected chi connectivity index (χ1v) is 27.5. The highest BCUT2D eigenvalue weighted by molar-refractivity contribution is 8.13. The van der Waals surface area contributed by atoms with Gasteiger partial charge in [-0.25, -0.2) is 28.6 Å². The third-order valence-corrected chi connectivity index (χ3v) is 14.6. The number of fused-ring (bicyclic) bond motifs is 1. The topological polar surface area (TPSA) is 376 Å². The number of phosphoric ester groups is 3. The number of phosphoric acid groups is 3. The Morgan fingerprint density at radius 3 is 2.35 bits per heavy atom. The van der Waals surface area contributed by atoms with Crippen LogP contribution in [0.4, 0.5) is 5.82 Å². The second-order valence-electron chi connectivity index (χ2n) is 16.6. The molecule has 2 aromatic rings. The van der Waals surface area contributed by atoms with Gasteiger partial charge in [0.15, 0.2) is 22.8 Å². The van der Waals surface area contributed by atoms with Crippen molar-refractivity contribution in [2.24, 2.45) is 5.41 Å². The molecule has 2 fully saturated rings. The number of epoxide rings is 1. The fourth-order valence-electron chi connectivity index (χ4n) is 6.82. The van der Waals surface area contributed by atoms with Crippen LogP contribution in [0.3, 0.4) is 0 Å². The van der Waals surface area contributed by atoms with Gasteiger partial charge in [-0.05, 0) is 32.1 Å². The van der Waals surface area contributed by atoms with E-state index in [-0.39, 0.29) is 41.6 Å². The Bertz CT molecular complexity index is 2180. The van der Waals surface area contributed by atoms with Gasteiger partial charge in [0, 0.05) is 37.1 Å². The zero-order valence-electron chi connectivity index (χ0n) is 38.0. The molecule has 2 aliphatic rings. The number of unbranched alkanes of at least 4 members (excludes halogenated alkanes) is 4. The molecule has 2 amide bonds. The van der Waals surface area contributed by atoms with Crippen LogP contribution in [0.1, 0.15) is 97.6 Å². The maximum absolute atomic E-state index is 12.7. The number of aliphatic hydroxyl groups is 2. The van der Waals surface area contributed by atoms with Crippen LogP contribution in [0.5, 0.6) is 0 Å². The second kappa shape index (κ2) is 27.0. The summed E-state index contributed by atoms with van der Waals surface area (Å²) >= 11 is 1.14. The highest BCUT2D eigenvalue weighted by Crippen LogP contribution is 2.61. The fourth-order valence-corrected chi connectivity index (χ4v) is 10.4. The standard InChI is InChI=1S/C39H64N7O18P3S/c1-4-5-6-7-9-12-15-26-27(61-26)16-13-10-8-11-14-17-30(48)68-21-20-41-29(47)18-19-42-37(51)34(50)39(2,3)23-60-67(57,58)64-66(55,56)59-22-28-33(63-65(52,53)54)32(49)38(62-28)46-25-45-31-35(40)43-24-44-36(31)46/h5-6,9,12,24-28,32-34,38,49-50H,4,7-8,10-11,13-23H2,1-3H3,(H,41,47)(H,42,51)(H,55,56)(H,57,58)(H2,40,43,44)(H2,52,53,54)/b6-5+,12-9+. The van der Waals surface area contributed by atoms with E-state index >= 15 is 0 Å². The molecule has 2 aromatic heterocycles. The van der Waals surface area contributed by atoms with Gasteiger partial charge in [0.25, 0.3) is 0 Å². The molecule has 4 rings (SSSR count). The number of thioether (sulfide) groups is 1. The van der Waals surface area contributed by atoms with Crippen molar-refractivity contribution in [2.75, 3.05) is 37.8 Å². The maximum atomic E-state index is 12.7. The van der Waals surface area contributed by atoms with Crippen LogP contribution in [0.25, 0.3) is 11.2 Å². The Morgan fingerprint density at radius 1 is 0.912 bits per heavy atom.